The van der Waals surface area contributed by atoms with E-state index in [1.165, 1.54) is 7.11 Å². The summed E-state index contributed by atoms with van der Waals surface area (Å²) in [5, 5.41) is 9.70. The third-order valence-corrected chi connectivity index (χ3v) is 2.56. The summed E-state index contributed by atoms with van der Waals surface area (Å²) in [5.41, 5.74) is 2.03. The van der Waals surface area contributed by atoms with Crippen LogP contribution in [0.1, 0.15) is 10.4 Å². The van der Waals surface area contributed by atoms with Crippen LogP contribution in [0.25, 0.3) is 11.1 Å². The Balaban J connectivity index is 2.60. The average molecular weight is 228 g/mol. The molecule has 0 saturated carbocycles. The van der Waals surface area contributed by atoms with Gasteiger partial charge >= 0.3 is 0 Å². The Kier molecular flexibility index (Phi) is 3.10. The number of benzene rings is 2. The molecule has 0 amide bonds. The van der Waals surface area contributed by atoms with Gasteiger partial charge in [-0.2, -0.15) is 0 Å². The number of hydrogen-bond acceptors (Lipinski definition) is 3. The predicted octanol–water partition coefficient (Wildman–Crippen LogP) is 2.88. The maximum Gasteiger partial charge on any atom is 0.168 e. The molecule has 0 radical (unpaired) electrons. The van der Waals surface area contributed by atoms with Crippen LogP contribution < -0.4 is 4.74 Å². The van der Waals surface area contributed by atoms with Gasteiger partial charge in [-0.05, 0) is 23.3 Å². The van der Waals surface area contributed by atoms with E-state index < -0.39 is 0 Å². The molecular formula is C14H12O3. The van der Waals surface area contributed by atoms with E-state index >= 15 is 0 Å². The smallest absolute Gasteiger partial charge is 0.168 e. The van der Waals surface area contributed by atoms with Crippen molar-refractivity contribution in [1.82, 2.24) is 0 Å². The fraction of sp³-hybridized carbons (Fsp3) is 0.0714. The summed E-state index contributed by atoms with van der Waals surface area (Å²) < 4.78 is 5.04. The summed E-state index contributed by atoms with van der Waals surface area (Å²) in [4.78, 5) is 10.9. The van der Waals surface area contributed by atoms with Crippen LogP contribution in [0.2, 0.25) is 0 Å². The number of aromatic hydroxyl groups is 1. The molecule has 0 unspecified atom stereocenters. The second kappa shape index (κ2) is 4.70. The molecule has 3 nitrogen and oxygen atoms in total. The average Bonchev–Trinajstić information content (AvgIpc) is 2.40. The summed E-state index contributed by atoms with van der Waals surface area (Å²) in [5.74, 6) is 0.177. The number of hydrogen-bond donors (Lipinski definition) is 1. The van der Waals surface area contributed by atoms with E-state index in [1.54, 1.807) is 12.1 Å². The SMILES string of the molecule is COc1cc(-c2ccccc2)cc(C=O)c1O. The van der Waals surface area contributed by atoms with Gasteiger partial charge in [0.1, 0.15) is 0 Å². The number of ether oxygens (including phenoxy) is 1. The molecule has 2 rings (SSSR count). The van der Waals surface area contributed by atoms with Gasteiger partial charge in [0.15, 0.2) is 17.8 Å². The second-order valence-electron chi connectivity index (χ2n) is 3.60. The summed E-state index contributed by atoms with van der Waals surface area (Å²) in [6.45, 7) is 0. The molecule has 0 aliphatic rings. The fourth-order valence-electron chi connectivity index (χ4n) is 1.67. The number of phenolic OH excluding ortho intramolecular Hbond substituents is 1. The molecular weight excluding hydrogens is 216 g/mol. The Morgan fingerprint density at radius 2 is 1.82 bits per heavy atom. The quantitative estimate of drug-likeness (QED) is 0.821. The lowest BCUT2D eigenvalue weighted by Crippen LogP contribution is -1.90. The third kappa shape index (κ3) is 2.13. The van der Waals surface area contributed by atoms with Crippen molar-refractivity contribution in [3.8, 4) is 22.6 Å². The van der Waals surface area contributed by atoms with Gasteiger partial charge in [0.05, 0.1) is 12.7 Å². The van der Waals surface area contributed by atoms with E-state index in [2.05, 4.69) is 0 Å². The molecule has 0 fully saturated rings. The molecule has 0 aromatic heterocycles. The zero-order chi connectivity index (χ0) is 12.3. The van der Waals surface area contributed by atoms with E-state index in [-0.39, 0.29) is 11.3 Å². The molecule has 0 atom stereocenters. The first-order valence-electron chi connectivity index (χ1n) is 5.18. The first-order chi connectivity index (χ1) is 8.26. The van der Waals surface area contributed by atoms with Crippen LogP contribution in [0.4, 0.5) is 0 Å². The van der Waals surface area contributed by atoms with Gasteiger partial charge in [0, 0.05) is 0 Å². The largest absolute Gasteiger partial charge is 0.504 e. The number of carbonyl (C=O) groups excluding carboxylic acids is 1. The molecule has 86 valence electrons. The number of aldehydes is 1. The van der Waals surface area contributed by atoms with Crippen molar-refractivity contribution in [3.05, 3.63) is 48.0 Å². The van der Waals surface area contributed by atoms with Gasteiger partial charge in [-0.1, -0.05) is 30.3 Å². The summed E-state index contributed by atoms with van der Waals surface area (Å²) in [6, 6.07) is 12.9. The van der Waals surface area contributed by atoms with Crippen LogP contribution in [-0.4, -0.2) is 18.5 Å². The Morgan fingerprint density at radius 3 is 2.41 bits per heavy atom. The topological polar surface area (TPSA) is 46.5 Å². The molecule has 2 aromatic rings. The molecule has 0 saturated heterocycles. The van der Waals surface area contributed by atoms with Crippen molar-refractivity contribution in [2.45, 2.75) is 0 Å². The standard InChI is InChI=1S/C14H12O3/c1-17-13-8-11(7-12(9-15)14(13)16)10-5-3-2-4-6-10/h2-9,16H,1H3. The predicted molar refractivity (Wildman–Crippen MR) is 65.5 cm³/mol. The van der Waals surface area contributed by atoms with E-state index in [9.17, 15) is 9.90 Å². The van der Waals surface area contributed by atoms with Crippen molar-refractivity contribution in [1.29, 1.82) is 0 Å². The third-order valence-electron chi connectivity index (χ3n) is 2.56. The second-order valence-corrected chi connectivity index (χ2v) is 3.60. The molecule has 0 bridgehead atoms. The molecule has 0 spiro atoms. The van der Waals surface area contributed by atoms with Crippen LogP contribution in [0.5, 0.6) is 11.5 Å². The summed E-state index contributed by atoms with van der Waals surface area (Å²) in [6.07, 6.45) is 0.615. The van der Waals surface area contributed by atoms with Gasteiger partial charge < -0.3 is 9.84 Å². The van der Waals surface area contributed by atoms with Crippen LogP contribution in [0.3, 0.4) is 0 Å². The summed E-state index contributed by atoms with van der Waals surface area (Å²) in [7, 11) is 1.46. The molecule has 3 heteroatoms. The molecule has 0 heterocycles. The Labute approximate surface area is 99.3 Å². The van der Waals surface area contributed by atoms with Gasteiger partial charge in [-0.3, -0.25) is 4.79 Å². The molecule has 0 aliphatic heterocycles. The van der Waals surface area contributed by atoms with E-state index in [0.29, 0.717) is 12.0 Å². The highest BCUT2D eigenvalue weighted by molar-refractivity contribution is 5.85. The van der Waals surface area contributed by atoms with Gasteiger partial charge in [-0.15, -0.1) is 0 Å². The highest BCUT2D eigenvalue weighted by Gasteiger charge is 2.10. The van der Waals surface area contributed by atoms with Crippen molar-refractivity contribution >= 4 is 6.29 Å². The molecule has 2 aromatic carbocycles. The number of rotatable bonds is 3. The lowest BCUT2D eigenvalue weighted by Gasteiger charge is -2.09. The van der Waals surface area contributed by atoms with E-state index in [0.717, 1.165) is 11.1 Å². The van der Waals surface area contributed by atoms with Crippen LogP contribution in [-0.2, 0) is 0 Å². The lowest BCUT2D eigenvalue weighted by atomic mass is 10.0. The minimum absolute atomic E-state index is 0.123. The Morgan fingerprint density at radius 1 is 1.12 bits per heavy atom. The van der Waals surface area contributed by atoms with Crippen LogP contribution in [0.15, 0.2) is 42.5 Å². The van der Waals surface area contributed by atoms with Gasteiger partial charge in [-0.25, -0.2) is 0 Å². The first kappa shape index (κ1) is 11.2. The monoisotopic (exact) mass is 228 g/mol. The molecule has 1 N–H and O–H groups in total. The number of phenols is 1. The summed E-state index contributed by atoms with van der Waals surface area (Å²) >= 11 is 0. The maximum absolute atomic E-state index is 10.9. The van der Waals surface area contributed by atoms with Crippen molar-refractivity contribution < 1.29 is 14.6 Å². The Hall–Kier alpha value is -2.29. The first-order valence-corrected chi connectivity index (χ1v) is 5.18. The van der Waals surface area contributed by atoms with Crippen LogP contribution in [0, 0.1) is 0 Å². The van der Waals surface area contributed by atoms with Crippen molar-refractivity contribution in [2.24, 2.45) is 0 Å². The highest BCUT2D eigenvalue weighted by atomic mass is 16.5. The minimum atomic E-state index is -0.123. The van der Waals surface area contributed by atoms with Gasteiger partial charge in [0.25, 0.3) is 0 Å². The van der Waals surface area contributed by atoms with E-state index in [4.69, 9.17) is 4.74 Å². The van der Waals surface area contributed by atoms with Crippen molar-refractivity contribution in [3.63, 3.8) is 0 Å². The zero-order valence-electron chi connectivity index (χ0n) is 9.38. The molecule has 17 heavy (non-hydrogen) atoms. The van der Waals surface area contributed by atoms with Gasteiger partial charge in [0.2, 0.25) is 0 Å². The fourth-order valence-corrected chi connectivity index (χ4v) is 1.67. The molecule has 0 aliphatic carbocycles. The van der Waals surface area contributed by atoms with Crippen molar-refractivity contribution in [2.75, 3.05) is 7.11 Å². The zero-order valence-corrected chi connectivity index (χ0v) is 9.38. The van der Waals surface area contributed by atoms with Crippen LogP contribution >= 0.6 is 0 Å². The van der Waals surface area contributed by atoms with E-state index in [1.807, 2.05) is 30.3 Å². The highest BCUT2D eigenvalue weighted by Crippen LogP contribution is 2.34. The number of carbonyl (C=O) groups is 1. The Bertz CT molecular complexity index is 533. The minimum Gasteiger partial charge on any atom is -0.504 e. The lowest BCUT2D eigenvalue weighted by molar-refractivity contribution is 0.112. The normalized spacial score (nSPS) is 9.94. The maximum atomic E-state index is 10.9. The number of methoxy groups -OCH3 is 1.